The number of carbonyl (C=O) groups is 2. The maximum atomic E-state index is 13.0. The van der Waals surface area contributed by atoms with Crippen LogP contribution in [0.2, 0.25) is 0 Å². The van der Waals surface area contributed by atoms with Gasteiger partial charge in [-0.1, -0.05) is 60.2 Å². The Hall–Kier alpha value is -3.05. The number of rotatable bonds is 5. The van der Waals surface area contributed by atoms with Gasteiger partial charge in [0.1, 0.15) is 5.75 Å². The van der Waals surface area contributed by atoms with Gasteiger partial charge in [-0.15, -0.1) is 0 Å². The van der Waals surface area contributed by atoms with Crippen molar-refractivity contribution in [1.29, 1.82) is 0 Å². The Morgan fingerprint density at radius 3 is 2.47 bits per heavy atom. The smallest absolute Gasteiger partial charge is 0.293 e. The molecule has 1 heterocycles. The summed E-state index contributed by atoms with van der Waals surface area (Å²) in [6.45, 7) is 6.21. The van der Waals surface area contributed by atoms with Crippen LogP contribution in [0.1, 0.15) is 30.5 Å². The predicted octanol–water partition coefficient (Wildman–Crippen LogP) is 6.17. The molecule has 1 fully saturated rings. The second-order valence-electron chi connectivity index (χ2n) is 7.62. The highest BCUT2D eigenvalue weighted by atomic mass is 32.2. The van der Waals surface area contributed by atoms with Crippen LogP contribution in [0.5, 0.6) is 5.75 Å². The summed E-state index contributed by atoms with van der Waals surface area (Å²) >= 11 is 0.978. The minimum Gasteiger partial charge on any atom is -0.490 e. The summed E-state index contributed by atoms with van der Waals surface area (Å²) in [5.74, 6) is 0.433. The molecule has 4 nitrogen and oxygen atoms in total. The summed E-state index contributed by atoms with van der Waals surface area (Å²) in [5.41, 5.74) is 2.89. The normalized spacial score (nSPS) is 15.6. The average Bonchev–Trinajstić information content (AvgIpc) is 2.98. The van der Waals surface area contributed by atoms with Crippen LogP contribution in [0.3, 0.4) is 0 Å². The van der Waals surface area contributed by atoms with Crippen molar-refractivity contribution >= 4 is 39.8 Å². The largest absolute Gasteiger partial charge is 0.490 e. The molecule has 0 bridgehead atoms. The van der Waals surface area contributed by atoms with Gasteiger partial charge in [0, 0.05) is 5.56 Å². The molecule has 3 aromatic carbocycles. The van der Waals surface area contributed by atoms with Crippen LogP contribution in [0, 0.1) is 6.92 Å². The molecule has 1 saturated heterocycles. The molecular formula is C25H23NO3S. The van der Waals surface area contributed by atoms with E-state index in [0.29, 0.717) is 10.7 Å². The Morgan fingerprint density at radius 1 is 1.00 bits per heavy atom. The fourth-order valence-electron chi connectivity index (χ4n) is 3.42. The van der Waals surface area contributed by atoms with E-state index in [1.807, 2.05) is 81.4 Å². The highest BCUT2D eigenvalue weighted by molar-refractivity contribution is 8.18. The monoisotopic (exact) mass is 417 g/mol. The molecule has 30 heavy (non-hydrogen) atoms. The van der Waals surface area contributed by atoms with Crippen LogP contribution in [0.4, 0.5) is 4.79 Å². The van der Waals surface area contributed by atoms with Crippen LogP contribution < -0.4 is 4.74 Å². The Labute approximate surface area is 180 Å². The van der Waals surface area contributed by atoms with E-state index in [-0.39, 0.29) is 23.8 Å². The minimum atomic E-state index is -0.269. The van der Waals surface area contributed by atoms with E-state index >= 15 is 0 Å². The van der Waals surface area contributed by atoms with Gasteiger partial charge in [-0.3, -0.25) is 14.5 Å². The van der Waals surface area contributed by atoms with Crippen LogP contribution in [0.15, 0.2) is 65.6 Å². The number of amides is 2. The SMILES string of the molecule is Cc1ccc(CN2C(=O)S/C(=C/c3c(OC(C)C)ccc4ccccc34)C2=O)cc1. The van der Waals surface area contributed by atoms with Crippen molar-refractivity contribution in [2.24, 2.45) is 0 Å². The number of nitrogens with zero attached hydrogens (tertiary/aromatic N) is 1. The molecule has 4 rings (SSSR count). The number of thioether (sulfide) groups is 1. The van der Waals surface area contributed by atoms with Crippen LogP contribution in [-0.2, 0) is 11.3 Å². The molecule has 2 amide bonds. The third-order valence-corrected chi connectivity index (χ3v) is 5.81. The quantitative estimate of drug-likeness (QED) is 0.466. The second-order valence-corrected chi connectivity index (χ2v) is 8.61. The van der Waals surface area contributed by atoms with Crippen molar-refractivity contribution < 1.29 is 14.3 Å². The van der Waals surface area contributed by atoms with Gasteiger partial charge >= 0.3 is 0 Å². The van der Waals surface area contributed by atoms with Gasteiger partial charge in [-0.25, -0.2) is 0 Å². The third-order valence-electron chi connectivity index (χ3n) is 4.90. The van der Waals surface area contributed by atoms with E-state index in [0.717, 1.165) is 39.2 Å². The van der Waals surface area contributed by atoms with Gasteiger partial charge < -0.3 is 4.74 Å². The van der Waals surface area contributed by atoms with E-state index in [9.17, 15) is 9.59 Å². The van der Waals surface area contributed by atoms with Crippen molar-refractivity contribution in [3.63, 3.8) is 0 Å². The molecule has 0 aliphatic carbocycles. The minimum absolute atomic E-state index is 0.00471. The first-order chi connectivity index (χ1) is 14.4. The van der Waals surface area contributed by atoms with Gasteiger partial charge in [-0.05, 0) is 61.0 Å². The number of benzene rings is 3. The maximum Gasteiger partial charge on any atom is 0.293 e. The number of fused-ring (bicyclic) bond motifs is 1. The predicted molar refractivity (Wildman–Crippen MR) is 122 cm³/mol. The number of carbonyl (C=O) groups excluding carboxylic acids is 2. The first-order valence-electron chi connectivity index (χ1n) is 9.91. The van der Waals surface area contributed by atoms with Gasteiger partial charge in [0.05, 0.1) is 17.6 Å². The van der Waals surface area contributed by atoms with Gasteiger partial charge in [-0.2, -0.15) is 0 Å². The lowest BCUT2D eigenvalue weighted by Gasteiger charge is -2.15. The van der Waals surface area contributed by atoms with Crippen LogP contribution in [-0.4, -0.2) is 22.2 Å². The van der Waals surface area contributed by atoms with Crippen molar-refractivity contribution in [2.45, 2.75) is 33.4 Å². The molecule has 0 spiro atoms. The molecule has 0 N–H and O–H groups in total. The molecule has 0 atom stereocenters. The summed E-state index contributed by atoms with van der Waals surface area (Å²) in [6, 6.07) is 19.7. The van der Waals surface area contributed by atoms with Crippen LogP contribution >= 0.6 is 11.8 Å². The van der Waals surface area contributed by atoms with Gasteiger partial charge in [0.15, 0.2) is 0 Å². The van der Waals surface area contributed by atoms with Crippen molar-refractivity contribution in [3.8, 4) is 5.75 Å². The number of hydrogen-bond donors (Lipinski definition) is 0. The zero-order valence-electron chi connectivity index (χ0n) is 17.2. The van der Waals surface area contributed by atoms with E-state index in [4.69, 9.17) is 4.74 Å². The Kier molecular flexibility index (Phi) is 5.64. The zero-order chi connectivity index (χ0) is 21.3. The lowest BCUT2D eigenvalue weighted by atomic mass is 10.0. The molecule has 1 aliphatic heterocycles. The number of ether oxygens (including phenoxy) is 1. The Bertz CT molecular complexity index is 1150. The lowest BCUT2D eigenvalue weighted by Crippen LogP contribution is -2.27. The zero-order valence-corrected chi connectivity index (χ0v) is 18.0. The highest BCUT2D eigenvalue weighted by Crippen LogP contribution is 2.37. The van der Waals surface area contributed by atoms with Gasteiger partial charge in [0.25, 0.3) is 11.1 Å². The fourth-order valence-corrected chi connectivity index (χ4v) is 4.24. The third kappa shape index (κ3) is 4.12. The summed E-state index contributed by atoms with van der Waals surface area (Å²) < 4.78 is 6.00. The molecule has 5 heteroatoms. The van der Waals surface area contributed by atoms with Crippen molar-refractivity contribution in [2.75, 3.05) is 0 Å². The fraction of sp³-hybridized carbons (Fsp3) is 0.200. The van der Waals surface area contributed by atoms with Gasteiger partial charge in [0.2, 0.25) is 0 Å². The highest BCUT2D eigenvalue weighted by Gasteiger charge is 2.35. The standard InChI is InChI=1S/C25H23NO3S/c1-16(2)29-22-13-12-19-6-4-5-7-20(19)21(22)14-23-24(27)26(25(28)30-23)15-18-10-8-17(3)9-11-18/h4-14,16H,15H2,1-3H3/b23-14+. The van der Waals surface area contributed by atoms with Crippen molar-refractivity contribution in [1.82, 2.24) is 4.90 Å². The van der Waals surface area contributed by atoms with E-state index in [1.165, 1.54) is 4.90 Å². The number of hydrogen-bond acceptors (Lipinski definition) is 4. The number of imide groups is 1. The average molecular weight is 418 g/mol. The summed E-state index contributed by atoms with van der Waals surface area (Å²) in [7, 11) is 0. The topological polar surface area (TPSA) is 46.6 Å². The first kappa shape index (κ1) is 20.2. The van der Waals surface area contributed by atoms with Crippen molar-refractivity contribution in [3.05, 3.63) is 82.3 Å². The molecule has 0 unspecified atom stereocenters. The Morgan fingerprint density at radius 2 is 1.73 bits per heavy atom. The molecule has 0 saturated carbocycles. The summed E-state index contributed by atoms with van der Waals surface area (Å²) in [6.07, 6.45) is 1.79. The maximum absolute atomic E-state index is 13.0. The summed E-state index contributed by atoms with van der Waals surface area (Å²) in [5, 5.41) is 1.79. The Balaban J connectivity index is 1.71. The van der Waals surface area contributed by atoms with Crippen LogP contribution in [0.25, 0.3) is 16.8 Å². The van der Waals surface area contributed by atoms with E-state index in [2.05, 4.69) is 0 Å². The molecule has 0 aromatic heterocycles. The van der Waals surface area contributed by atoms with E-state index < -0.39 is 0 Å². The number of aryl methyl sites for hydroxylation is 1. The second kappa shape index (κ2) is 8.36. The van der Waals surface area contributed by atoms with E-state index in [1.54, 1.807) is 6.08 Å². The lowest BCUT2D eigenvalue weighted by molar-refractivity contribution is -0.123. The molecular weight excluding hydrogens is 394 g/mol. The summed E-state index contributed by atoms with van der Waals surface area (Å²) in [4.78, 5) is 27.3. The molecule has 152 valence electrons. The molecule has 1 aliphatic rings. The molecule has 3 aromatic rings. The molecule has 0 radical (unpaired) electrons. The first-order valence-corrected chi connectivity index (χ1v) is 10.7.